The minimum atomic E-state index is -1.81. The van der Waals surface area contributed by atoms with E-state index in [2.05, 4.69) is 26.0 Å². The molecular formula is C23H28N6O6S. The lowest BCUT2D eigenvalue weighted by atomic mass is 10.0. The number of thioether (sulfide) groups is 1. The summed E-state index contributed by atoms with van der Waals surface area (Å²) >= 11 is 1.13. The molecule has 36 heavy (non-hydrogen) atoms. The Labute approximate surface area is 211 Å². The second-order valence-electron chi connectivity index (χ2n) is 7.61. The third kappa shape index (κ3) is 7.58. The number of nitrogens with one attached hydrogen (secondary N) is 2. The fraction of sp³-hybridized carbons (Fsp3) is 0.304. The Morgan fingerprint density at radius 1 is 1.00 bits per heavy atom. The molecule has 13 heteroatoms. The van der Waals surface area contributed by atoms with Gasteiger partial charge in [-0.1, -0.05) is 48.2 Å². The summed E-state index contributed by atoms with van der Waals surface area (Å²) in [5.74, 6) is 0.0611. The zero-order valence-corrected chi connectivity index (χ0v) is 19.9. The molecule has 0 radical (unpaired) electrons. The smallest absolute Gasteiger partial charge is 0.250 e. The SMILES string of the molecule is O=C(CSc1nnc(CNc2ccccc2)n1-c1ccccc1)N/N=C/[C@@H](O)[C@@H](O)[C@H](O)[C@H](O)CO. The monoisotopic (exact) mass is 516 g/mol. The lowest BCUT2D eigenvalue weighted by molar-refractivity contribution is -0.118. The third-order valence-electron chi connectivity index (χ3n) is 4.97. The summed E-state index contributed by atoms with van der Waals surface area (Å²) in [5.41, 5.74) is 3.96. The quantitative estimate of drug-likeness (QED) is 0.0888. The van der Waals surface area contributed by atoms with Crippen molar-refractivity contribution in [1.29, 1.82) is 0 Å². The number of carbonyl (C=O) groups excluding carboxylic acids is 1. The van der Waals surface area contributed by atoms with Crippen LogP contribution in [-0.2, 0) is 11.3 Å². The molecule has 4 atom stereocenters. The molecule has 3 rings (SSSR count). The number of hydrogen-bond acceptors (Lipinski definition) is 11. The molecule has 7 N–H and O–H groups in total. The highest BCUT2D eigenvalue weighted by molar-refractivity contribution is 7.99. The Balaban J connectivity index is 1.60. The van der Waals surface area contributed by atoms with E-state index in [-0.39, 0.29) is 5.75 Å². The first-order chi connectivity index (χ1) is 17.4. The summed E-state index contributed by atoms with van der Waals surface area (Å²) in [7, 11) is 0. The van der Waals surface area contributed by atoms with E-state index in [0.717, 1.165) is 29.4 Å². The number of hydrogen-bond donors (Lipinski definition) is 7. The normalized spacial score (nSPS) is 14.8. The highest BCUT2D eigenvalue weighted by Gasteiger charge is 2.29. The largest absolute Gasteiger partial charge is 0.394 e. The number of aliphatic hydroxyl groups is 5. The van der Waals surface area contributed by atoms with Gasteiger partial charge in [-0.05, 0) is 24.3 Å². The van der Waals surface area contributed by atoms with Crippen LogP contribution in [0.3, 0.4) is 0 Å². The van der Waals surface area contributed by atoms with Gasteiger partial charge in [-0.15, -0.1) is 10.2 Å². The number of para-hydroxylation sites is 2. The van der Waals surface area contributed by atoms with Gasteiger partial charge in [-0.25, -0.2) is 5.43 Å². The van der Waals surface area contributed by atoms with Gasteiger partial charge in [0.2, 0.25) is 0 Å². The van der Waals surface area contributed by atoms with E-state index >= 15 is 0 Å². The summed E-state index contributed by atoms with van der Waals surface area (Å²) in [5, 5.41) is 63.2. The molecule has 0 unspecified atom stereocenters. The standard InChI is InChI=1S/C23H28N6O6S/c30-13-18(32)22(35)21(34)17(31)11-25-27-20(33)14-36-23-28-26-19(12-24-15-7-3-1-4-8-15)29(23)16-9-5-2-6-10-16/h1-11,17-18,21-22,24,30-32,34-35H,12-14H2,(H,27,33)/b25-11+/t17-,18-,21-,22-/m1/s1. The number of anilines is 1. The molecule has 0 saturated carbocycles. The van der Waals surface area contributed by atoms with Crippen molar-refractivity contribution >= 4 is 29.6 Å². The van der Waals surface area contributed by atoms with Crippen molar-refractivity contribution in [2.24, 2.45) is 5.10 Å². The Morgan fingerprint density at radius 2 is 1.67 bits per heavy atom. The zero-order valence-electron chi connectivity index (χ0n) is 19.1. The van der Waals surface area contributed by atoms with Crippen LogP contribution in [0.1, 0.15) is 5.82 Å². The van der Waals surface area contributed by atoms with Crippen LogP contribution in [0.5, 0.6) is 0 Å². The van der Waals surface area contributed by atoms with Crippen molar-refractivity contribution in [3.05, 3.63) is 66.5 Å². The number of rotatable bonds is 13. The number of amides is 1. The molecule has 1 amide bonds. The molecule has 0 spiro atoms. The van der Waals surface area contributed by atoms with Crippen LogP contribution in [0, 0.1) is 0 Å². The Hall–Kier alpha value is -3.33. The Kier molecular flexibility index (Phi) is 10.4. The lowest BCUT2D eigenvalue weighted by Gasteiger charge is -2.23. The van der Waals surface area contributed by atoms with Gasteiger partial charge in [0.05, 0.1) is 25.1 Å². The summed E-state index contributed by atoms with van der Waals surface area (Å²) in [6.45, 7) is -0.395. The molecule has 3 aromatic rings. The second-order valence-corrected chi connectivity index (χ2v) is 8.56. The minimum absolute atomic E-state index is 0.0705. The van der Waals surface area contributed by atoms with Gasteiger partial charge >= 0.3 is 0 Å². The maximum absolute atomic E-state index is 12.2. The molecule has 0 aliphatic rings. The van der Waals surface area contributed by atoms with E-state index in [1.807, 2.05) is 65.2 Å². The molecule has 2 aromatic carbocycles. The molecule has 0 fully saturated rings. The van der Waals surface area contributed by atoms with Crippen molar-refractivity contribution in [3.63, 3.8) is 0 Å². The lowest BCUT2D eigenvalue weighted by Crippen LogP contribution is -2.46. The second kappa shape index (κ2) is 13.7. The predicted molar refractivity (Wildman–Crippen MR) is 134 cm³/mol. The van der Waals surface area contributed by atoms with Crippen LogP contribution < -0.4 is 10.7 Å². The van der Waals surface area contributed by atoms with Gasteiger partial charge in [0, 0.05) is 11.4 Å². The van der Waals surface area contributed by atoms with Gasteiger partial charge in [-0.3, -0.25) is 9.36 Å². The average Bonchev–Trinajstić information content (AvgIpc) is 3.33. The van der Waals surface area contributed by atoms with E-state index in [0.29, 0.717) is 17.5 Å². The third-order valence-corrected chi connectivity index (χ3v) is 5.90. The average molecular weight is 517 g/mol. The number of nitrogens with zero attached hydrogens (tertiary/aromatic N) is 4. The first-order valence-electron chi connectivity index (χ1n) is 11.0. The van der Waals surface area contributed by atoms with Crippen molar-refractivity contribution in [2.75, 3.05) is 17.7 Å². The van der Waals surface area contributed by atoms with E-state index < -0.39 is 36.9 Å². The van der Waals surface area contributed by atoms with E-state index in [4.69, 9.17) is 5.11 Å². The number of carbonyl (C=O) groups is 1. The molecule has 0 aliphatic carbocycles. The van der Waals surface area contributed by atoms with Gasteiger partial charge in [-0.2, -0.15) is 5.10 Å². The first-order valence-corrected chi connectivity index (χ1v) is 12.0. The van der Waals surface area contributed by atoms with Crippen molar-refractivity contribution in [2.45, 2.75) is 36.1 Å². The van der Waals surface area contributed by atoms with E-state index in [9.17, 15) is 25.2 Å². The Morgan fingerprint density at radius 3 is 2.33 bits per heavy atom. The topological polar surface area (TPSA) is 185 Å². The fourth-order valence-electron chi connectivity index (χ4n) is 3.06. The van der Waals surface area contributed by atoms with Gasteiger partial charge in [0.1, 0.15) is 24.4 Å². The Bertz CT molecular complexity index is 1120. The predicted octanol–water partition coefficient (Wildman–Crippen LogP) is -0.491. The maximum atomic E-state index is 12.2. The van der Waals surface area contributed by atoms with Crippen molar-refractivity contribution in [3.8, 4) is 5.69 Å². The molecule has 1 heterocycles. The van der Waals surface area contributed by atoms with Crippen molar-refractivity contribution in [1.82, 2.24) is 20.2 Å². The van der Waals surface area contributed by atoms with Crippen LogP contribution in [0.15, 0.2) is 70.9 Å². The molecule has 1 aromatic heterocycles. The highest BCUT2D eigenvalue weighted by Crippen LogP contribution is 2.22. The summed E-state index contributed by atoms with van der Waals surface area (Å²) < 4.78 is 1.84. The molecule has 0 bridgehead atoms. The summed E-state index contributed by atoms with van der Waals surface area (Å²) in [6.07, 6.45) is -6.12. The van der Waals surface area contributed by atoms with Crippen LogP contribution in [-0.4, -0.2) is 89.2 Å². The molecule has 0 aliphatic heterocycles. The maximum Gasteiger partial charge on any atom is 0.250 e. The number of aromatic nitrogens is 3. The number of benzene rings is 2. The van der Waals surface area contributed by atoms with Crippen molar-refractivity contribution < 1.29 is 30.3 Å². The van der Waals surface area contributed by atoms with Crippen LogP contribution in [0.4, 0.5) is 5.69 Å². The van der Waals surface area contributed by atoms with Gasteiger partial charge in [0.25, 0.3) is 5.91 Å². The highest BCUT2D eigenvalue weighted by atomic mass is 32.2. The first kappa shape index (κ1) is 27.3. The van der Waals surface area contributed by atoms with Gasteiger partial charge < -0.3 is 30.8 Å². The number of hydrazone groups is 1. The van der Waals surface area contributed by atoms with Crippen LogP contribution in [0.25, 0.3) is 5.69 Å². The minimum Gasteiger partial charge on any atom is -0.394 e. The van der Waals surface area contributed by atoms with E-state index in [1.165, 1.54) is 0 Å². The summed E-state index contributed by atoms with van der Waals surface area (Å²) in [4.78, 5) is 12.2. The molecular weight excluding hydrogens is 488 g/mol. The van der Waals surface area contributed by atoms with E-state index in [1.54, 1.807) is 0 Å². The van der Waals surface area contributed by atoms with Crippen LogP contribution in [0.2, 0.25) is 0 Å². The molecule has 192 valence electrons. The molecule has 12 nitrogen and oxygen atoms in total. The zero-order chi connectivity index (χ0) is 25.9. The fourth-order valence-corrected chi connectivity index (χ4v) is 3.82. The van der Waals surface area contributed by atoms with Gasteiger partial charge in [0.15, 0.2) is 11.0 Å². The van der Waals surface area contributed by atoms with Crippen LogP contribution >= 0.6 is 11.8 Å². The molecule has 0 saturated heterocycles. The number of aliphatic hydroxyl groups excluding tert-OH is 5. The summed E-state index contributed by atoms with van der Waals surface area (Å²) in [6, 6.07) is 19.1.